The molecule has 0 aromatic carbocycles. The minimum atomic E-state index is 0.240. The number of methoxy groups -OCH3 is 1. The quantitative estimate of drug-likeness (QED) is 0.895. The second kappa shape index (κ2) is 5.25. The van der Waals surface area contributed by atoms with E-state index in [2.05, 4.69) is 46.5 Å². The largest absolute Gasteiger partial charge is 0.467 e. The zero-order valence-corrected chi connectivity index (χ0v) is 11.8. The molecule has 1 N–H and O–H groups in total. The number of aryl methyl sites for hydroxylation is 1. The van der Waals surface area contributed by atoms with Gasteiger partial charge < -0.3 is 10.1 Å². The van der Waals surface area contributed by atoms with Gasteiger partial charge in [0, 0.05) is 13.6 Å². The molecule has 0 aliphatic carbocycles. The summed E-state index contributed by atoms with van der Waals surface area (Å²) in [5, 5.41) is 10.8. The smallest absolute Gasteiger partial charge is 0.321 e. The summed E-state index contributed by atoms with van der Waals surface area (Å²) in [6.45, 7) is 2.66. The van der Waals surface area contributed by atoms with Gasteiger partial charge in [0.1, 0.15) is 5.69 Å². The fourth-order valence-electron chi connectivity index (χ4n) is 1.36. The summed E-state index contributed by atoms with van der Waals surface area (Å²) in [6, 6.07) is 0.240. The molecule has 0 unspecified atom stereocenters. The van der Waals surface area contributed by atoms with Crippen molar-refractivity contribution >= 4 is 21.9 Å². The molecule has 0 fully saturated rings. The van der Waals surface area contributed by atoms with Crippen LogP contribution in [-0.2, 0) is 7.05 Å². The topological polar surface area (TPSA) is 90.6 Å². The Labute approximate surface area is 112 Å². The zero-order valence-electron chi connectivity index (χ0n) is 10.2. The molecule has 8 nitrogen and oxygen atoms in total. The van der Waals surface area contributed by atoms with Crippen LogP contribution in [0, 0.1) is 0 Å². The molecule has 9 heteroatoms. The number of rotatable bonds is 4. The summed E-state index contributed by atoms with van der Waals surface area (Å²) in [5.74, 6) is 0.893. The number of aromatic nitrogens is 6. The summed E-state index contributed by atoms with van der Waals surface area (Å²) in [5.41, 5.74) is 0.662. The van der Waals surface area contributed by atoms with Crippen molar-refractivity contribution in [2.45, 2.75) is 6.92 Å². The lowest BCUT2D eigenvalue weighted by atomic mass is 10.4. The van der Waals surface area contributed by atoms with Gasteiger partial charge in [0.2, 0.25) is 5.95 Å². The Morgan fingerprint density at radius 3 is 2.67 bits per heavy atom. The van der Waals surface area contributed by atoms with E-state index in [1.54, 1.807) is 11.7 Å². The Morgan fingerprint density at radius 2 is 2.11 bits per heavy atom. The van der Waals surface area contributed by atoms with Gasteiger partial charge in [-0.05, 0) is 22.9 Å². The maximum atomic E-state index is 5.05. The molecule has 0 spiro atoms. The average Bonchev–Trinajstić information content (AvgIpc) is 2.69. The number of hydrogen-bond acceptors (Lipinski definition) is 7. The first-order valence-electron chi connectivity index (χ1n) is 5.25. The molecule has 2 heterocycles. The van der Waals surface area contributed by atoms with E-state index in [9.17, 15) is 0 Å². The normalized spacial score (nSPS) is 10.4. The van der Waals surface area contributed by atoms with Gasteiger partial charge in [-0.15, -0.1) is 5.10 Å². The van der Waals surface area contributed by atoms with Crippen LogP contribution in [-0.4, -0.2) is 43.6 Å². The first kappa shape index (κ1) is 12.7. The lowest BCUT2D eigenvalue weighted by Crippen LogP contribution is -2.07. The zero-order chi connectivity index (χ0) is 13.1. The third-order valence-electron chi connectivity index (χ3n) is 2.13. The fourth-order valence-corrected chi connectivity index (χ4v) is 1.86. The fraction of sp³-hybridized carbons (Fsp3) is 0.444. The van der Waals surface area contributed by atoms with Crippen LogP contribution in [0.1, 0.15) is 6.92 Å². The van der Waals surface area contributed by atoms with Gasteiger partial charge in [0.15, 0.2) is 10.4 Å². The van der Waals surface area contributed by atoms with Crippen molar-refractivity contribution in [3.63, 3.8) is 0 Å². The Hall–Kier alpha value is -1.77. The molecule has 2 rings (SSSR count). The number of hydrogen-bond donors (Lipinski definition) is 1. The van der Waals surface area contributed by atoms with E-state index in [-0.39, 0.29) is 6.01 Å². The molecule has 2 aromatic heterocycles. The predicted octanol–water partition coefficient (Wildman–Crippen LogP) is 0.870. The van der Waals surface area contributed by atoms with Crippen LogP contribution >= 0.6 is 15.9 Å². The third-order valence-corrected chi connectivity index (χ3v) is 2.66. The van der Waals surface area contributed by atoms with Crippen LogP contribution in [0.15, 0.2) is 4.60 Å². The summed E-state index contributed by atoms with van der Waals surface area (Å²) < 4.78 is 7.20. The third kappa shape index (κ3) is 2.40. The molecular formula is C9H12BrN7O. The van der Waals surface area contributed by atoms with E-state index >= 15 is 0 Å². The standard InChI is InChI=1S/C9H12BrN7O/c1-4-11-8-12-7(13-9(14-8)18-3)5-6(10)15-16-17(5)2/h4H2,1-3H3,(H,11,12,13,14). The molecule has 2 aromatic rings. The van der Waals surface area contributed by atoms with Crippen LogP contribution < -0.4 is 10.1 Å². The van der Waals surface area contributed by atoms with Crippen molar-refractivity contribution in [2.24, 2.45) is 7.05 Å². The van der Waals surface area contributed by atoms with E-state index in [0.717, 1.165) is 0 Å². The van der Waals surface area contributed by atoms with Gasteiger partial charge in [-0.2, -0.15) is 15.0 Å². The molecule has 18 heavy (non-hydrogen) atoms. The van der Waals surface area contributed by atoms with Crippen molar-refractivity contribution in [1.29, 1.82) is 0 Å². The monoisotopic (exact) mass is 313 g/mol. The maximum Gasteiger partial charge on any atom is 0.321 e. The molecule has 0 saturated heterocycles. The molecule has 0 radical (unpaired) electrons. The Morgan fingerprint density at radius 1 is 1.33 bits per heavy atom. The van der Waals surface area contributed by atoms with Crippen molar-refractivity contribution in [3.8, 4) is 17.5 Å². The van der Waals surface area contributed by atoms with E-state index < -0.39 is 0 Å². The molecule has 0 aliphatic heterocycles. The highest BCUT2D eigenvalue weighted by molar-refractivity contribution is 9.10. The minimum absolute atomic E-state index is 0.240. The highest BCUT2D eigenvalue weighted by Crippen LogP contribution is 2.24. The number of halogens is 1. The van der Waals surface area contributed by atoms with E-state index in [1.165, 1.54) is 7.11 Å². The number of nitrogens with one attached hydrogen (secondary N) is 1. The summed E-state index contributed by atoms with van der Waals surface area (Å²) in [7, 11) is 3.27. The highest BCUT2D eigenvalue weighted by Gasteiger charge is 2.16. The first-order chi connectivity index (χ1) is 8.65. The van der Waals surface area contributed by atoms with Gasteiger partial charge in [-0.3, -0.25) is 0 Å². The molecule has 0 bridgehead atoms. The van der Waals surface area contributed by atoms with E-state index in [4.69, 9.17) is 4.74 Å². The molecule has 0 amide bonds. The predicted molar refractivity (Wildman–Crippen MR) is 68.2 cm³/mol. The molecule has 0 atom stereocenters. The van der Waals surface area contributed by atoms with E-state index in [1.807, 2.05) is 6.92 Å². The first-order valence-corrected chi connectivity index (χ1v) is 6.04. The van der Waals surface area contributed by atoms with Gasteiger partial charge >= 0.3 is 6.01 Å². The summed E-state index contributed by atoms with van der Waals surface area (Å²) >= 11 is 3.31. The maximum absolute atomic E-state index is 5.05. The Kier molecular flexibility index (Phi) is 3.70. The number of nitrogens with zero attached hydrogens (tertiary/aromatic N) is 6. The van der Waals surface area contributed by atoms with Crippen molar-refractivity contribution in [1.82, 2.24) is 29.9 Å². The van der Waals surface area contributed by atoms with Crippen LogP contribution in [0.25, 0.3) is 11.5 Å². The second-order valence-electron chi connectivity index (χ2n) is 3.35. The van der Waals surface area contributed by atoms with Crippen molar-refractivity contribution in [2.75, 3.05) is 19.0 Å². The lowest BCUT2D eigenvalue weighted by molar-refractivity contribution is 0.379. The Balaban J connectivity index is 2.53. The van der Waals surface area contributed by atoms with Crippen LogP contribution in [0.3, 0.4) is 0 Å². The second-order valence-corrected chi connectivity index (χ2v) is 4.10. The molecule has 0 aliphatic rings. The summed E-state index contributed by atoms with van der Waals surface area (Å²) in [4.78, 5) is 12.6. The summed E-state index contributed by atoms with van der Waals surface area (Å²) in [6.07, 6.45) is 0. The van der Waals surface area contributed by atoms with Crippen LogP contribution in [0.5, 0.6) is 6.01 Å². The molecule has 0 saturated carbocycles. The van der Waals surface area contributed by atoms with Gasteiger partial charge in [0.05, 0.1) is 7.11 Å². The SMILES string of the molecule is CCNc1nc(OC)nc(-c2c(Br)nnn2C)n1. The minimum Gasteiger partial charge on any atom is -0.467 e. The molecular weight excluding hydrogens is 302 g/mol. The Bertz CT molecular complexity index is 536. The van der Waals surface area contributed by atoms with Crippen LogP contribution in [0.2, 0.25) is 0 Å². The number of ether oxygens (including phenoxy) is 1. The molecule has 96 valence electrons. The van der Waals surface area contributed by atoms with Crippen molar-refractivity contribution < 1.29 is 4.74 Å². The van der Waals surface area contributed by atoms with Crippen molar-refractivity contribution in [3.05, 3.63) is 4.60 Å². The van der Waals surface area contributed by atoms with Crippen LogP contribution in [0.4, 0.5) is 5.95 Å². The lowest BCUT2D eigenvalue weighted by Gasteiger charge is -2.06. The highest BCUT2D eigenvalue weighted by atomic mass is 79.9. The van der Waals surface area contributed by atoms with E-state index in [0.29, 0.717) is 28.6 Å². The number of anilines is 1. The average molecular weight is 314 g/mol. The van der Waals surface area contributed by atoms with Gasteiger partial charge in [0.25, 0.3) is 0 Å². The van der Waals surface area contributed by atoms with Gasteiger partial charge in [-0.25, -0.2) is 4.68 Å². The van der Waals surface area contributed by atoms with Gasteiger partial charge in [-0.1, -0.05) is 5.21 Å².